The van der Waals surface area contributed by atoms with E-state index in [1.54, 1.807) is 7.11 Å². The van der Waals surface area contributed by atoms with Gasteiger partial charge in [-0.1, -0.05) is 0 Å². The predicted octanol–water partition coefficient (Wildman–Crippen LogP) is 3.74. The summed E-state index contributed by atoms with van der Waals surface area (Å²) in [6.07, 6.45) is 7.34. The van der Waals surface area contributed by atoms with Gasteiger partial charge in [0.1, 0.15) is 5.75 Å². The smallest absolute Gasteiger partial charge is 0.326 e. The molecule has 1 aliphatic heterocycles. The fourth-order valence-electron chi connectivity index (χ4n) is 4.91. The van der Waals surface area contributed by atoms with Gasteiger partial charge in [-0.3, -0.25) is 4.57 Å². The van der Waals surface area contributed by atoms with Crippen molar-refractivity contribution in [2.24, 2.45) is 0 Å². The average Bonchev–Trinajstić information content (AvgIpc) is 3.04. The van der Waals surface area contributed by atoms with Crippen molar-refractivity contribution in [1.29, 1.82) is 0 Å². The molecule has 2 fully saturated rings. The lowest BCUT2D eigenvalue weighted by Crippen LogP contribution is -2.45. The third-order valence-electron chi connectivity index (χ3n) is 6.35. The van der Waals surface area contributed by atoms with Crippen molar-refractivity contribution < 1.29 is 9.47 Å². The Balaban J connectivity index is 0.00000225. The van der Waals surface area contributed by atoms with Crippen LogP contribution < -0.4 is 10.4 Å². The van der Waals surface area contributed by atoms with E-state index >= 15 is 0 Å². The summed E-state index contributed by atoms with van der Waals surface area (Å²) in [7, 11) is 1.66. The lowest BCUT2D eigenvalue weighted by atomic mass is 9.90. The summed E-state index contributed by atoms with van der Waals surface area (Å²) in [6, 6.07) is 6.73. The van der Waals surface area contributed by atoms with Crippen molar-refractivity contribution >= 4 is 23.4 Å². The van der Waals surface area contributed by atoms with E-state index in [1.807, 2.05) is 22.8 Å². The Labute approximate surface area is 172 Å². The summed E-state index contributed by atoms with van der Waals surface area (Å²) in [5, 5.41) is 0. The lowest BCUT2D eigenvalue weighted by molar-refractivity contribution is 0.00796. The Morgan fingerprint density at radius 2 is 1.79 bits per heavy atom. The number of halogens is 1. The monoisotopic (exact) mass is 409 g/mol. The number of methoxy groups -OCH3 is 1. The summed E-state index contributed by atoms with van der Waals surface area (Å²) in [4.78, 5) is 18.2. The van der Waals surface area contributed by atoms with Gasteiger partial charge in [-0.05, 0) is 57.6 Å². The molecule has 156 valence electrons. The first-order chi connectivity index (χ1) is 13.2. The van der Waals surface area contributed by atoms with Crippen LogP contribution in [0.3, 0.4) is 0 Å². The molecule has 1 N–H and O–H groups in total. The number of ether oxygens (including phenoxy) is 2. The van der Waals surface area contributed by atoms with E-state index in [0.29, 0.717) is 12.1 Å². The summed E-state index contributed by atoms with van der Waals surface area (Å²) < 4.78 is 13.1. The second kappa shape index (κ2) is 9.33. The predicted molar refractivity (Wildman–Crippen MR) is 114 cm³/mol. The summed E-state index contributed by atoms with van der Waals surface area (Å²) in [5.74, 6) is 0.791. The molecule has 0 atom stereocenters. The molecule has 1 aromatic carbocycles. The molecule has 2 heterocycles. The van der Waals surface area contributed by atoms with Crippen LogP contribution in [0.25, 0.3) is 11.0 Å². The zero-order valence-electron chi connectivity index (χ0n) is 16.9. The van der Waals surface area contributed by atoms with E-state index < -0.39 is 0 Å². The molecule has 0 amide bonds. The standard InChI is InChI=1S/C21H31N3O3.ClH/c1-3-27-17-6-4-15(5-7-17)23-12-10-16(11-13-23)24-20-14-18(26-2)8-9-19(20)22-21(24)25;/h8-9,14-17H,3-7,10-13H2,1-2H3,(H,22,25);1H/t15-,17-;. The van der Waals surface area contributed by atoms with E-state index in [4.69, 9.17) is 9.47 Å². The highest BCUT2D eigenvalue weighted by Gasteiger charge is 2.30. The van der Waals surface area contributed by atoms with Gasteiger partial charge in [-0.25, -0.2) is 4.79 Å². The summed E-state index contributed by atoms with van der Waals surface area (Å²) in [5.41, 5.74) is 1.83. The molecule has 0 bridgehead atoms. The van der Waals surface area contributed by atoms with E-state index in [1.165, 1.54) is 25.7 Å². The molecule has 6 nitrogen and oxygen atoms in total. The maximum atomic E-state index is 12.6. The fourth-order valence-corrected chi connectivity index (χ4v) is 4.91. The number of aromatic nitrogens is 2. The van der Waals surface area contributed by atoms with Gasteiger partial charge in [0.25, 0.3) is 0 Å². The Hall–Kier alpha value is -1.50. The van der Waals surface area contributed by atoms with Crippen molar-refractivity contribution in [3.05, 3.63) is 28.7 Å². The first kappa shape index (κ1) is 21.2. The second-order valence-corrected chi connectivity index (χ2v) is 7.84. The molecule has 7 heteroatoms. The largest absolute Gasteiger partial charge is 0.497 e. The van der Waals surface area contributed by atoms with Gasteiger partial charge >= 0.3 is 5.69 Å². The minimum atomic E-state index is -0.00562. The number of aromatic amines is 1. The minimum absolute atomic E-state index is 0. The van der Waals surface area contributed by atoms with Crippen LogP contribution in [0.4, 0.5) is 0 Å². The number of hydrogen-bond acceptors (Lipinski definition) is 4. The molecule has 0 spiro atoms. The molecule has 28 heavy (non-hydrogen) atoms. The number of H-pyrrole nitrogens is 1. The zero-order chi connectivity index (χ0) is 18.8. The molecule has 0 unspecified atom stereocenters. The van der Waals surface area contributed by atoms with Crippen molar-refractivity contribution in [3.8, 4) is 5.75 Å². The van der Waals surface area contributed by atoms with Crippen molar-refractivity contribution in [2.45, 2.75) is 63.6 Å². The van der Waals surface area contributed by atoms with Crippen LogP contribution in [0.2, 0.25) is 0 Å². The highest BCUT2D eigenvalue weighted by Crippen LogP contribution is 2.31. The van der Waals surface area contributed by atoms with Crippen LogP contribution in [0.1, 0.15) is 51.5 Å². The van der Waals surface area contributed by atoms with Crippen LogP contribution in [0, 0.1) is 0 Å². The van der Waals surface area contributed by atoms with E-state index in [2.05, 4.69) is 16.8 Å². The normalized spacial score (nSPS) is 24.2. The number of nitrogens with zero attached hydrogens (tertiary/aromatic N) is 2. The van der Waals surface area contributed by atoms with Crippen molar-refractivity contribution in [2.75, 3.05) is 26.8 Å². The van der Waals surface area contributed by atoms with Crippen LogP contribution in [0.15, 0.2) is 23.0 Å². The number of rotatable bonds is 5. The number of benzene rings is 1. The number of piperidine rings is 1. The molecular weight excluding hydrogens is 378 g/mol. The van der Waals surface area contributed by atoms with E-state index in [-0.39, 0.29) is 24.1 Å². The highest BCUT2D eigenvalue weighted by atomic mass is 35.5. The molecule has 2 aromatic rings. The number of fused-ring (bicyclic) bond motifs is 1. The Morgan fingerprint density at radius 3 is 2.43 bits per heavy atom. The van der Waals surface area contributed by atoms with Gasteiger partial charge < -0.3 is 19.4 Å². The third kappa shape index (κ3) is 4.24. The fraction of sp³-hybridized carbons (Fsp3) is 0.667. The summed E-state index contributed by atoms with van der Waals surface area (Å²) in [6.45, 7) is 5.04. The average molecular weight is 410 g/mol. The topological polar surface area (TPSA) is 59.5 Å². The van der Waals surface area contributed by atoms with Crippen LogP contribution in [0.5, 0.6) is 5.75 Å². The van der Waals surface area contributed by atoms with Crippen molar-refractivity contribution in [1.82, 2.24) is 14.5 Å². The van der Waals surface area contributed by atoms with Gasteiger partial charge in [0.15, 0.2) is 0 Å². The molecule has 0 radical (unpaired) electrons. The number of imidazole rings is 1. The first-order valence-electron chi connectivity index (χ1n) is 10.3. The SMILES string of the molecule is CCO[C@H]1CC[C@H](N2CCC(n3c(=O)[nH]c4ccc(OC)cc43)CC2)CC1.Cl. The molecule has 2 aliphatic rings. The van der Waals surface area contributed by atoms with Crippen LogP contribution >= 0.6 is 12.4 Å². The number of nitrogens with one attached hydrogen (secondary N) is 1. The molecule has 1 saturated carbocycles. The molecular formula is C21H32ClN3O3. The molecule has 1 aromatic heterocycles. The highest BCUT2D eigenvalue weighted by molar-refractivity contribution is 5.85. The molecule has 1 aliphatic carbocycles. The van der Waals surface area contributed by atoms with E-state index in [9.17, 15) is 4.79 Å². The van der Waals surface area contributed by atoms with Crippen LogP contribution in [-0.2, 0) is 4.74 Å². The first-order valence-corrected chi connectivity index (χ1v) is 10.3. The Morgan fingerprint density at radius 1 is 1.07 bits per heavy atom. The van der Waals surface area contributed by atoms with Gasteiger partial charge in [0.05, 0.1) is 24.2 Å². The maximum absolute atomic E-state index is 12.6. The number of likely N-dealkylation sites (tertiary alicyclic amines) is 1. The summed E-state index contributed by atoms with van der Waals surface area (Å²) >= 11 is 0. The van der Waals surface area contributed by atoms with Crippen molar-refractivity contribution in [3.63, 3.8) is 0 Å². The third-order valence-corrected chi connectivity index (χ3v) is 6.35. The lowest BCUT2D eigenvalue weighted by Gasteiger charge is -2.40. The Bertz CT molecular complexity index is 818. The number of hydrogen-bond donors (Lipinski definition) is 1. The van der Waals surface area contributed by atoms with Gasteiger partial charge in [0.2, 0.25) is 0 Å². The minimum Gasteiger partial charge on any atom is -0.497 e. The van der Waals surface area contributed by atoms with Gasteiger partial charge in [-0.2, -0.15) is 0 Å². The van der Waals surface area contributed by atoms with E-state index in [0.717, 1.165) is 49.3 Å². The van der Waals surface area contributed by atoms with Gasteiger partial charge in [0, 0.05) is 37.8 Å². The van der Waals surface area contributed by atoms with Crippen LogP contribution in [-0.4, -0.2) is 53.4 Å². The Kier molecular flexibility index (Phi) is 7.07. The van der Waals surface area contributed by atoms with Gasteiger partial charge in [-0.15, -0.1) is 12.4 Å². The second-order valence-electron chi connectivity index (χ2n) is 7.84. The molecule has 4 rings (SSSR count). The maximum Gasteiger partial charge on any atom is 0.326 e. The zero-order valence-corrected chi connectivity index (χ0v) is 17.7. The molecule has 1 saturated heterocycles. The quantitative estimate of drug-likeness (QED) is 0.817.